The van der Waals surface area contributed by atoms with E-state index in [0.29, 0.717) is 6.54 Å². The number of rotatable bonds is 4. The van der Waals surface area contributed by atoms with Gasteiger partial charge in [-0.15, -0.1) is 0 Å². The standard InChI is InChI=1S/C17H17N3S/c1-12-6-7-16(13(10-12)8-9-18)21-17-14-4-2-3-5-15(14)19-11-20-17/h2-7,10-11H,8-9,18H2,1H3. The molecule has 106 valence electrons. The third kappa shape index (κ3) is 3.06. The molecule has 0 aliphatic heterocycles. The van der Waals surface area contributed by atoms with E-state index < -0.39 is 0 Å². The van der Waals surface area contributed by atoms with Crippen LogP contribution in [0.5, 0.6) is 0 Å². The van der Waals surface area contributed by atoms with Crippen molar-refractivity contribution in [2.75, 3.05) is 6.54 Å². The average Bonchev–Trinajstić information content (AvgIpc) is 2.50. The minimum Gasteiger partial charge on any atom is -0.330 e. The highest BCUT2D eigenvalue weighted by Gasteiger charge is 2.09. The molecule has 3 aromatic rings. The first-order valence-electron chi connectivity index (χ1n) is 6.95. The average molecular weight is 295 g/mol. The first-order valence-corrected chi connectivity index (χ1v) is 7.77. The summed E-state index contributed by atoms with van der Waals surface area (Å²) in [6.45, 7) is 2.76. The van der Waals surface area contributed by atoms with Crippen molar-refractivity contribution in [3.05, 3.63) is 59.9 Å². The van der Waals surface area contributed by atoms with E-state index in [1.807, 2.05) is 18.2 Å². The molecular weight excluding hydrogens is 278 g/mol. The lowest BCUT2D eigenvalue weighted by molar-refractivity contribution is 0.940. The molecule has 1 heterocycles. The summed E-state index contributed by atoms with van der Waals surface area (Å²) in [5.74, 6) is 0. The molecular formula is C17H17N3S. The summed E-state index contributed by atoms with van der Waals surface area (Å²) < 4.78 is 0. The number of hydrogen-bond acceptors (Lipinski definition) is 4. The van der Waals surface area contributed by atoms with E-state index in [-0.39, 0.29) is 0 Å². The van der Waals surface area contributed by atoms with Crippen LogP contribution in [0.4, 0.5) is 0 Å². The topological polar surface area (TPSA) is 51.8 Å². The number of aryl methyl sites for hydroxylation is 1. The molecule has 3 rings (SSSR count). The van der Waals surface area contributed by atoms with Crippen molar-refractivity contribution in [1.82, 2.24) is 9.97 Å². The van der Waals surface area contributed by atoms with Crippen molar-refractivity contribution in [3.63, 3.8) is 0 Å². The molecule has 2 aromatic carbocycles. The fourth-order valence-electron chi connectivity index (χ4n) is 2.32. The molecule has 4 heteroatoms. The molecule has 0 amide bonds. The summed E-state index contributed by atoms with van der Waals surface area (Å²) in [6, 6.07) is 14.6. The van der Waals surface area contributed by atoms with Crippen LogP contribution in [0.3, 0.4) is 0 Å². The Bertz CT molecular complexity index is 766. The van der Waals surface area contributed by atoms with Gasteiger partial charge in [0.05, 0.1) is 5.52 Å². The predicted molar refractivity (Wildman–Crippen MR) is 87.6 cm³/mol. The summed E-state index contributed by atoms with van der Waals surface area (Å²) >= 11 is 1.69. The minimum atomic E-state index is 0.654. The second-order valence-corrected chi connectivity index (χ2v) is 5.98. The number of benzene rings is 2. The quantitative estimate of drug-likeness (QED) is 0.747. The van der Waals surface area contributed by atoms with Gasteiger partial charge in [-0.25, -0.2) is 9.97 Å². The maximum absolute atomic E-state index is 5.73. The van der Waals surface area contributed by atoms with Crippen molar-refractivity contribution >= 4 is 22.7 Å². The normalized spacial score (nSPS) is 11.0. The number of nitrogens with zero attached hydrogens (tertiary/aromatic N) is 2. The van der Waals surface area contributed by atoms with Crippen LogP contribution in [0.2, 0.25) is 0 Å². The molecule has 0 spiro atoms. The Balaban J connectivity index is 2.02. The molecule has 0 aliphatic rings. The molecule has 2 N–H and O–H groups in total. The molecule has 0 saturated heterocycles. The van der Waals surface area contributed by atoms with Gasteiger partial charge in [-0.2, -0.15) is 0 Å². The molecule has 0 fully saturated rings. The third-order valence-corrected chi connectivity index (χ3v) is 4.48. The molecule has 0 bridgehead atoms. The molecule has 0 unspecified atom stereocenters. The zero-order valence-corrected chi connectivity index (χ0v) is 12.7. The Kier molecular flexibility index (Phi) is 4.18. The molecule has 1 aromatic heterocycles. The Morgan fingerprint density at radius 2 is 1.95 bits per heavy atom. The van der Waals surface area contributed by atoms with E-state index in [9.17, 15) is 0 Å². The van der Waals surface area contributed by atoms with Gasteiger partial charge in [-0.3, -0.25) is 0 Å². The van der Waals surface area contributed by atoms with Crippen LogP contribution in [0.25, 0.3) is 10.9 Å². The van der Waals surface area contributed by atoms with Crippen molar-refractivity contribution in [2.24, 2.45) is 5.73 Å². The van der Waals surface area contributed by atoms with Gasteiger partial charge in [0, 0.05) is 10.3 Å². The monoisotopic (exact) mass is 295 g/mol. The van der Waals surface area contributed by atoms with E-state index in [1.54, 1.807) is 18.1 Å². The van der Waals surface area contributed by atoms with Crippen molar-refractivity contribution in [2.45, 2.75) is 23.3 Å². The zero-order chi connectivity index (χ0) is 14.7. The SMILES string of the molecule is Cc1ccc(Sc2ncnc3ccccc23)c(CCN)c1. The third-order valence-electron chi connectivity index (χ3n) is 3.34. The maximum atomic E-state index is 5.73. The fraction of sp³-hybridized carbons (Fsp3) is 0.176. The Hall–Kier alpha value is -1.91. The lowest BCUT2D eigenvalue weighted by atomic mass is 10.1. The first kappa shape index (κ1) is 14.0. The Morgan fingerprint density at radius 1 is 1.10 bits per heavy atom. The number of fused-ring (bicyclic) bond motifs is 1. The van der Waals surface area contributed by atoms with Crippen LogP contribution in [0, 0.1) is 6.92 Å². The van der Waals surface area contributed by atoms with Crippen LogP contribution in [0.15, 0.2) is 58.7 Å². The number of para-hydroxylation sites is 1. The first-order chi connectivity index (χ1) is 10.3. The van der Waals surface area contributed by atoms with Crippen LogP contribution in [-0.2, 0) is 6.42 Å². The van der Waals surface area contributed by atoms with Gasteiger partial charge in [0.25, 0.3) is 0 Å². The van der Waals surface area contributed by atoms with Gasteiger partial charge >= 0.3 is 0 Å². The highest BCUT2D eigenvalue weighted by molar-refractivity contribution is 7.99. The van der Waals surface area contributed by atoms with Crippen molar-refractivity contribution in [3.8, 4) is 0 Å². The molecule has 0 atom stereocenters. The summed E-state index contributed by atoms with van der Waals surface area (Å²) in [5.41, 5.74) is 9.25. The van der Waals surface area contributed by atoms with Crippen molar-refractivity contribution in [1.29, 1.82) is 0 Å². The van der Waals surface area contributed by atoms with E-state index in [2.05, 4.69) is 41.2 Å². The summed E-state index contributed by atoms with van der Waals surface area (Å²) in [4.78, 5) is 9.98. The maximum Gasteiger partial charge on any atom is 0.117 e. The molecule has 21 heavy (non-hydrogen) atoms. The Labute approximate surface area is 128 Å². The number of aromatic nitrogens is 2. The minimum absolute atomic E-state index is 0.654. The molecule has 3 nitrogen and oxygen atoms in total. The van der Waals surface area contributed by atoms with Crippen LogP contribution in [0.1, 0.15) is 11.1 Å². The second kappa shape index (κ2) is 6.24. The lowest BCUT2D eigenvalue weighted by Crippen LogP contribution is -2.04. The molecule has 0 radical (unpaired) electrons. The predicted octanol–water partition coefficient (Wildman–Crippen LogP) is 3.59. The largest absolute Gasteiger partial charge is 0.330 e. The van der Waals surface area contributed by atoms with Gasteiger partial charge in [0.1, 0.15) is 11.4 Å². The molecule has 0 aliphatic carbocycles. The Morgan fingerprint density at radius 3 is 2.81 bits per heavy atom. The van der Waals surface area contributed by atoms with E-state index >= 15 is 0 Å². The lowest BCUT2D eigenvalue weighted by Gasteiger charge is -2.10. The van der Waals surface area contributed by atoms with Crippen molar-refractivity contribution < 1.29 is 0 Å². The smallest absolute Gasteiger partial charge is 0.117 e. The van der Waals surface area contributed by atoms with E-state index in [1.165, 1.54) is 16.0 Å². The van der Waals surface area contributed by atoms with E-state index in [0.717, 1.165) is 22.3 Å². The van der Waals surface area contributed by atoms with Gasteiger partial charge < -0.3 is 5.73 Å². The van der Waals surface area contributed by atoms with E-state index in [4.69, 9.17) is 5.73 Å². The van der Waals surface area contributed by atoms with Crippen LogP contribution < -0.4 is 5.73 Å². The zero-order valence-electron chi connectivity index (χ0n) is 11.9. The van der Waals surface area contributed by atoms with Gasteiger partial charge in [0.2, 0.25) is 0 Å². The number of nitrogens with two attached hydrogens (primary N) is 1. The van der Waals surface area contributed by atoms with Gasteiger partial charge in [-0.1, -0.05) is 47.7 Å². The van der Waals surface area contributed by atoms with Crippen LogP contribution >= 0.6 is 11.8 Å². The summed E-state index contributed by atoms with van der Waals surface area (Å²) in [5, 5.41) is 2.08. The highest BCUT2D eigenvalue weighted by Crippen LogP contribution is 2.33. The van der Waals surface area contributed by atoms with Gasteiger partial charge in [-0.05, 0) is 37.6 Å². The number of hydrogen-bond donors (Lipinski definition) is 1. The highest BCUT2D eigenvalue weighted by atomic mass is 32.2. The fourth-order valence-corrected chi connectivity index (χ4v) is 3.34. The van der Waals surface area contributed by atoms with Crippen LogP contribution in [-0.4, -0.2) is 16.5 Å². The second-order valence-electron chi connectivity index (χ2n) is 4.95. The summed E-state index contributed by atoms with van der Waals surface area (Å²) in [7, 11) is 0. The summed E-state index contributed by atoms with van der Waals surface area (Å²) in [6.07, 6.45) is 2.51. The molecule has 0 saturated carbocycles. The van der Waals surface area contributed by atoms with Gasteiger partial charge in [0.15, 0.2) is 0 Å².